The molecule has 0 amide bonds. The molecule has 106 valence electrons. The van der Waals surface area contributed by atoms with Crippen LogP contribution >= 0.6 is 0 Å². The van der Waals surface area contributed by atoms with E-state index in [2.05, 4.69) is 32.9 Å². The molecule has 0 spiro atoms. The van der Waals surface area contributed by atoms with Crippen molar-refractivity contribution in [2.24, 2.45) is 0 Å². The lowest BCUT2D eigenvalue weighted by Crippen LogP contribution is -2.04. The van der Waals surface area contributed by atoms with E-state index in [0.717, 1.165) is 16.0 Å². The normalized spacial score (nSPS) is 12.4. The zero-order valence-corrected chi connectivity index (χ0v) is 13.3. The average molecular weight is 287 g/mol. The first-order chi connectivity index (χ1) is 9.38. The van der Waals surface area contributed by atoms with Gasteiger partial charge in [-0.25, -0.2) is 0 Å². The summed E-state index contributed by atoms with van der Waals surface area (Å²) in [5.74, 6) is 0.519. The van der Waals surface area contributed by atoms with Crippen LogP contribution in [0.1, 0.15) is 27.8 Å². The van der Waals surface area contributed by atoms with Crippen molar-refractivity contribution < 1.29 is 4.21 Å². The minimum atomic E-state index is -1.11. The maximum absolute atomic E-state index is 12.6. The second kappa shape index (κ2) is 5.80. The number of rotatable bonds is 3. The standard InChI is InChI=1S/C17H21NOS/c1-11-5-6-16(18)17(9-11)20(19)10-15-13(3)7-12(2)8-14(15)4/h5-9H,10,18H2,1-4H3. The molecule has 0 aliphatic rings. The molecular weight excluding hydrogens is 266 g/mol. The van der Waals surface area contributed by atoms with E-state index in [1.54, 1.807) is 0 Å². The van der Waals surface area contributed by atoms with Crippen LogP contribution in [-0.2, 0) is 16.6 Å². The first kappa shape index (κ1) is 14.8. The van der Waals surface area contributed by atoms with E-state index in [9.17, 15) is 4.21 Å². The molecule has 2 N–H and O–H groups in total. The largest absolute Gasteiger partial charge is 0.398 e. The van der Waals surface area contributed by atoms with E-state index in [1.165, 1.54) is 16.7 Å². The predicted octanol–water partition coefficient (Wildman–Crippen LogP) is 3.81. The number of anilines is 1. The minimum absolute atomic E-state index is 0.519. The Labute approximate surface area is 123 Å². The minimum Gasteiger partial charge on any atom is -0.398 e. The van der Waals surface area contributed by atoms with Crippen molar-refractivity contribution in [1.82, 2.24) is 0 Å². The van der Waals surface area contributed by atoms with Gasteiger partial charge in [-0.3, -0.25) is 4.21 Å². The van der Waals surface area contributed by atoms with Gasteiger partial charge in [0.25, 0.3) is 0 Å². The van der Waals surface area contributed by atoms with Crippen molar-refractivity contribution in [3.05, 3.63) is 58.1 Å². The molecule has 0 radical (unpaired) electrons. The third-order valence-electron chi connectivity index (χ3n) is 3.53. The molecule has 0 bridgehead atoms. The number of benzene rings is 2. The van der Waals surface area contributed by atoms with Gasteiger partial charge >= 0.3 is 0 Å². The van der Waals surface area contributed by atoms with Crippen LogP contribution in [0.15, 0.2) is 35.2 Å². The van der Waals surface area contributed by atoms with Gasteiger partial charge in [0, 0.05) is 5.69 Å². The van der Waals surface area contributed by atoms with Gasteiger partial charge in [-0.15, -0.1) is 0 Å². The van der Waals surface area contributed by atoms with Gasteiger partial charge in [-0.05, 0) is 62.1 Å². The highest BCUT2D eigenvalue weighted by molar-refractivity contribution is 7.84. The third kappa shape index (κ3) is 3.10. The highest BCUT2D eigenvalue weighted by Crippen LogP contribution is 2.24. The number of hydrogen-bond donors (Lipinski definition) is 1. The molecule has 0 aromatic heterocycles. The summed E-state index contributed by atoms with van der Waals surface area (Å²) < 4.78 is 12.6. The van der Waals surface area contributed by atoms with Crippen molar-refractivity contribution in [2.45, 2.75) is 38.3 Å². The van der Waals surface area contributed by atoms with Gasteiger partial charge in [0.1, 0.15) is 0 Å². The highest BCUT2D eigenvalue weighted by atomic mass is 32.2. The van der Waals surface area contributed by atoms with Gasteiger partial charge in [0.15, 0.2) is 0 Å². The number of nitrogen functional groups attached to an aromatic ring is 1. The smallest absolute Gasteiger partial charge is 0.0623 e. The van der Waals surface area contributed by atoms with E-state index in [-0.39, 0.29) is 0 Å². The summed E-state index contributed by atoms with van der Waals surface area (Å²) in [5.41, 5.74) is 12.4. The summed E-state index contributed by atoms with van der Waals surface area (Å²) in [6.07, 6.45) is 0. The van der Waals surface area contributed by atoms with E-state index < -0.39 is 10.8 Å². The highest BCUT2D eigenvalue weighted by Gasteiger charge is 2.12. The lowest BCUT2D eigenvalue weighted by Gasteiger charge is -2.12. The SMILES string of the molecule is Cc1cc(C)c(CS(=O)c2cc(C)ccc2N)c(C)c1. The monoisotopic (exact) mass is 287 g/mol. The van der Waals surface area contributed by atoms with Crippen LogP contribution in [0.4, 0.5) is 5.69 Å². The molecule has 1 unspecified atom stereocenters. The van der Waals surface area contributed by atoms with Crippen LogP contribution in [-0.4, -0.2) is 4.21 Å². The molecule has 0 heterocycles. The van der Waals surface area contributed by atoms with Crippen LogP contribution in [0.5, 0.6) is 0 Å². The summed E-state index contributed by atoms with van der Waals surface area (Å²) >= 11 is 0. The summed E-state index contributed by atoms with van der Waals surface area (Å²) in [6.45, 7) is 8.22. The fourth-order valence-electron chi connectivity index (χ4n) is 2.49. The van der Waals surface area contributed by atoms with E-state index in [4.69, 9.17) is 5.73 Å². The number of aryl methyl sites for hydroxylation is 4. The van der Waals surface area contributed by atoms with E-state index in [0.29, 0.717) is 11.4 Å². The van der Waals surface area contributed by atoms with Crippen molar-refractivity contribution in [1.29, 1.82) is 0 Å². The van der Waals surface area contributed by atoms with Crippen molar-refractivity contribution in [3.8, 4) is 0 Å². The summed E-state index contributed by atoms with van der Waals surface area (Å²) in [7, 11) is -1.11. The lowest BCUT2D eigenvalue weighted by molar-refractivity contribution is 0.682. The van der Waals surface area contributed by atoms with E-state index >= 15 is 0 Å². The molecule has 2 nitrogen and oxygen atoms in total. The van der Waals surface area contributed by atoms with Gasteiger partial charge in [-0.2, -0.15) is 0 Å². The molecule has 2 rings (SSSR count). The van der Waals surface area contributed by atoms with Crippen molar-refractivity contribution in [2.75, 3.05) is 5.73 Å². The fraction of sp³-hybridized carbons (Fsp3) is 0.294. The third-order valence-corrected chi connectivity index (χ3v) is 4.93. The van der Waals surface area contributed by atoms with Gasteiger partial charge in [-0.1, -0.05) is 23.8 Å². The Balaban J connectivity index is 2.35. The first-order valence-corrected chi connectivity index (χ1v) is 8.01. The van der Waals surface area contributed by atoms with Gasteiger partial charge < -0.3 is 5.73 Å². The Morgan fingerprint density at radius 2 is 1.55 bits per heavy atom. The maximum atomic E-state index is 12.6. The van der Waals surface area contributed by atoms with Gasteiger partial charge in [0.05, 0.1) is 21.4 Å². The molecule has 0 saturated heterocycles. The van der Waals surface area contributed by atoms with Crippen LogP contribution in [0.2, 0.25) is 0 Å². The summed E-state index contributed by atoms with van der Waals surface area (Å²) in [5, 5.41) is 0. The fourth-order valence-corrected chi connectivity index (χ4v) is 4.01. The van der Waals surface area contributed by atoms with Crippen molar-refractivity contribution in [3.63, 3.8) is 0 Å². The van der Waals surface area contributed by atoms with Crippen LogP contribution in [0.25, 0.3) is 0 Å². The molecule has 0 fully saturated rings. The molecule has 1 atom stereocenters. The number of nitrogens with two attached hydrogens (primary N) is 1. The Morgan fingerprint density at radius 1 is 0.950 bits per heavy atom. The Bertz CT molecular complexity index is 654. The molecule has 3 heteroatoms. The van der Waals surface area contributed by atoms with Crippen LogP contribution < -0.4 is 5.73 Å². The maximum Gasteiger partial charge on any atom is 0.0623 e. The molecule has 20 heavy (non-hydrogen) atoms. The molecule has 0 saturated carbocycles. The Kier molecular flexibility index (Phi) is 4.29. The predicted molar refractivity (Wildman–Crippen MR) is 86.4 cm³/mol. The first-order valence-electron chi connectivity index (χ1n) is 6.69. The zero-order valence-electron chi connectivity index (χ0n) is 12.5. The van der Waals surface area contributed by atoms with E-state index in [1.807, 2.05) is 25.1 Å². The zero-order chi connectivity index (χ0) is 14.9. The molecule has 0 aliphatic carbocycles. The van der Waals surface area contributed by atoms with Crippen molar-refractivity contribution >= 4 is 16.5 Å². The van der Waals surface area contributed by atoms with Crippen LogP contribution in [0.3, 0.4) is 0 Å². The molecule has 0 aliphatic heterocycles. The molecule has 2 aromatic carbocycles. The number of hydrogen-bond acceptors (Lipinski definition) is 2. The lowest BCUT2D eigenvalue weighted by atomic mass is 10.0. The second-order valence-electron chi connectivity index (χ2n) is 5.41. The second-order valence-corrected chi connectivity index (χ2v) is 6.83. The quantitative estimate of drug-likeness (QED) is 0.872. The molecular formula is C17H21NOS. The average Bonchev–Trinajstić information content (AvgIpc) is 2.36. The molecule has 2 aromatic rings. The van der Waals surface area contributed by atoms with Crippen LogP contribution in [0, 0.1) is 27.7 Å². The van der Waals surface area contributed by atoms with Gasteiger partial charge in [0.2, 0.25) is 0 Å². The Morgan fingerprint density at radius 3 is 2.15 bits per heavy atom. The summed E-state index contributed by atoms with van der Waals surface area (Å²) in [6, 6.07) is 9.97. The Hall–Kier alpha value is -1.61. The topological polar surface area (TPSA) is 43.1 Å². The summed E-state index contributed by atoms with van der Waals surface area (Å²) in [4.78, 5) is 0.740.